The zero-order chi connectivity index (χ0) is 11.5. The Balaban J connectivity index is 2.39. The molecule has 0 aromatic carbocycles. The van der Waals surface area contributed by atoms with Crippen LogP contribution in [0.3, 0.4) is 0 Å². The molecule has 6 heteroatoms. The summed E-state index contributed by atoms with van der Waals surface area (Å²) in [6.07, 6.45) is -1.17. The van der Waals surface area contributed by atoms with Gasteiger partial charge >= 0.3 is 6.18 Å². The topological polar surface area (TPSA) is 47.6 Å². The molecule has 2 atom stereocenters. The minimum Gasteiger partial charge on any atom is -0.468 e. The van der Waals surface area contributed by atoms with Crippen molar-refractivity contribution < 1.29 is 17.9 Å². The van der Waals surface area contributed by atoms with Gasteiger partial charge in [0.2, 0.25) is 5.90 Å². The molecule has 0 aromatic rings. The van der Waals surface area contributed by atoms with Crippen molar-refractivity contribution in [3.63, 3.8) is 0 Å². The summed E-state index contributed by atoms with van der Waals surface area (Å²) in [5.41, 5.74) is 5.61. The quantitative estimate of drug-likeness (QED) is 0.769. The Bertz CT molecular complexity index is 271. The number of hydrogen-bond acceptors (Lipinski definition) is 3. The third-order valence-corrected chi connectivity index (χ3v) is 2.00. The maximum absolute atomic E-state index is 11.8. The van der Waals surface area contributed by atoms with Gasteiger partial charge in [-0.25, -0.2) is 0 Å². The number of dihydropyridines is 1. The molecule has 2 N–H and O–H groups in total. The van der Waals surface area contributed by atoms with Gasteiger partial charge in [-0.15, -0.1) is 0 Å². The van der Waals surface area contributed by atoms with Gasteiger partial charge in [0.25, 0.3) is 0 Å². The molecule has 3 nitrogen and oxygen atoms in total. The number of aliphatic imine (C=N–C) groups is 1. The standard InChI is InChI=1S/C9H13F3N2O/c1-6(13)7-2-3-8(14-4-7)15-5-9(10,11)12/h2-3,6-7H,4-5,13H2,1H3. The van der Waals surface area contributed by atoms with E-state index in [-0.39, 0.29) is 17.9 Å². The summed E-state index contributed by atoms with van der Waals surface area (Å²) in [7, 11) is 0. The van der Waals surface area contributed by atoms with Gasteiger partial charge in [-0.3, -0.25) is 4.99 Å². The molecule has 0 aromatic heterocycles. The highest BCUT2D eigenvalue weighted by atomic mass is 19.4. The van der Waals surface area contributed by atoms with Crippen molar-refractivity contribution in [2.24, 2.45) is 16.6 Å². The number of nitrogens with zero attached hydrogens (tertiary/aromatic N) is 1. The van der Waals surface area contributed by atoms with Crippen LogP contribution in [-0.4, -0.2) is 31.3 Å². The Morgan fingerprint density at radius 2 is 2.33 bits per heavy atom. The van der Waals surface area contributed by atoms with E-state index in [0.29, 0.717) is 6.54 Å². The molecular formula is C9H13F3N2O. The predicted molar refractivity (Wildman–Crippen MR) is 50.6 cm³/mol. The predicted octanol–water partition coefficient (Wildman–Crippen LogP) is 1.50. The zero-order valence-corrected chi connectivity index (χ0v) is 8.29. The first-order valence-corrected chi connectivity index (χ1v) is 4.56. The maximum Gasteiger partial charge on any atom is 0.422 e. The smallest absolute Gasteiger partial charge is 0.422 e. The molecule has 1 heterocycles. The van der Waals surface area contributed by atoms with E-state index in [0.717, 1.165) is 0 Å². The third-order valence-electron chi connectivity index (χ3n) is 2.00. The van der Waals surface area contributed by atoms with E-state index in [1.165, 1.54) is 6.08 Å². The van der Waals surface area contributed by atoms with Gasteiger partial charge in [-0.1, -0.05) is 6.08 Å². The lowest BCUT2D eigenvalue weighted by Gasteiger charge is -2.19. The van der Waals surface area contributed by atoms with Crippen LogP contribution in [0, 0.1) is 5.92 Å². The number of hydrogen-bond donors (Lipinski definition) is 1. The molecule has 1 aliphatic rings. The summed E-state index contributed by atoms with van der Waals surface area (Å²) in [5.74, 6) is 0.0902. The van der Waals surface area contributed by atoms with Gasteiger partial charge in [0.05, 0.1) is 6.54 Å². The second-order valence-corrected chi connectivity index (χ2v) is 3.46. The van der Waals surface area contributed by atoms with E-state index < -0.39 is 12.8 Å². The van der Waals surface area contributed by atoms with Gasteiger partial charge in [0.1, 0.15) is 0 Å². The van der Waals surface area contributed by atoms with Crippen molar-refractivity contribution in [3.8, 4) is 0 Å². The summed E-state index contributed by atoms with van der Waals surface area (Å²) in [5, 5.41) is 0. The lowest BCUT2D eigenvalue weighted by atomic mass is 10.0. The molecule has 1 rings (SSSR count). The zero-order valence-electron chi connectivity index (χ0n) is 8.29. The van der Waals surface area contributed by atoms with E-state index in [1.807, 2.05) is 6.92 Å². The lowest BCUT2D eigenvalue weighted by molar-refractivity contribution is -0.156. The van der Waals surface area contributed by atoms with E-state index in [9.17, 15) is 13.2 Å². The SMILES string of the molecule is CC(N)C1C=CC(OCC(F)(F)F)=NC1. The number of ether oxygens (including phenoxy) is 1. The molecule has 0 saturated heterocycles. The van der Waals surface area contributed by atoms with Crippen LogP contribution in [0.5, 0.6) is 0 Å². The van der Waals surface area contributed by atoms with Crippen LogP contribution in [0.25, 0.3) is 0 Å². The van der Waals surface area contributed by atoms with Gasteiger partial charge in [-0.2, -0.15) is 13.2 Å². The number of alkyl halides is 3. The molecule has 0 bridgehead atoms. The fourth-order valence-corrected chi connectivity index (χ4v) is 1.11. The van der Waals surface area contributed by atoms with Crippen LogP contribution in [0.4, 0.5) is 13.2 Å². The fraction of sp³-hybridized carbons (Fsp3) is 0.667. The van der Waals surface area contributed by atoms with Crippen molar-refractivity contribution in [1.29, 1.82) is 0 Å². The Morgan fingerprint density at radius 3 is 2.73 bits per heavy atom. The molecule has 2 unspecified atom stereocenters. The van der Waals surface area contributed by atoms with Crippen LogP contribution in [0.1, 0.15) is 6.92 Å². The highest BCUT2D eigenvalue weighted by Gasteiger charge is 2.29. The Morgan fingerprint density at radius 1 is 1.67 bits per heavy atom. The molecule has 15 heavy (non-hydrogen) atoms. The largest absolute Gasteiger partial charge is 0.468 e. The Hall–Kier alpha value is -1.04. The number of nitrogens with two attached hydrogens (primary N) is 1. The summed E-state index contributed by atoms with van der Waals surface area (Å²) in [4.78, 5) is 3.86. The Labute approximate surface area is 85.8 Å². The van der Waals surface area contributed by atoms with Gasteiger partial charge in [0.15, 0.2) is 6.61 Å². The second kappa shape index (κ2) is 4.65. The molecule has 0 aliphatic carbocycles. The first-order valence-electron chi connectivity index (χ1n) is 4.56. The van der Waals surface area contributed by atoms with Crippen molar-refractivity contribution in [2.45, 2.75) is 19.1 Å². The van der Waals surface area contributed by atoms with Gasteiger partial charge < -0.3 is 10.5 Å². The van der Waals surface area contributed by atoms with E-state index in [1.54, 1.807) is 6.08 Å². The average molecular weight is 222 g/mol. The number of rotatable bonds is 2. The van der Waals surface area contributed by atoms with E-state index >= 15 is 0 Å². The summed E-state index contributed by atoms with van der Waals surface area (Å²) >= 11 is 0. The molecule has 0 spiro atoms. The lowest BCUT2D eigenvalue weighted by Crippen LogP contribution is -2.30. The average Bonchev–Trinajstić information content (AvgIpc) is 2.14. The minimum absolute atomic E-state index is 0.0178. The molecule has 0 radical (unpaired) electrons. The van der Waals surface area contributed by atoms with E-state index in [2.05, 4.69) is 9.73 Å². The van der Waals surface area contributed by atoms with Crippen LogP contribution >= 0.6 is 0 Å². The summed E-state index contributed by atoms with van der Waals surface area (Å²) in [6.45, 7) is 0.895. The normalized spacial score (nSPS) is 23.5. The van der Waals surface area contributed by atoms with Crippen molar-refractivity contribution in [1.82, 2.24) is 0 Å². The monoisotopic (exact) mass is 222 g/mol. The molecule has 86 valence electrons. The highest BCUT2D eigenvalue weighted by molar-refractivity contribution is 5.88. The first-order chi connectivity index (χ1) is 6.88. The summed E-state index contributed by atoms with van der Waals surface area (Å²) in [6, 6.07) is -0.0610. The molecule has 0 amide bonds. The third kappa shape index (κ3) is 4.33. The van der Waals surface area contributed by atoms with Crippen LogP contribution < -0.4 is 5.73 Å². The minimum atomic E-state index is -4.33. The van der Waals surface area contributed by atoms with Crippen LogP contribution in [0.2, 0.25) is 0 Å². The molecule has 0 saturated carbocycles. The van der Waals surface area contributed by atoms with Crippen LogP contribution in [0.15, 0.2) is 17.1 Å². The molecule has 1 aliphatic heterocycles. The van der Waals surface area contributed by atoms with Gasteiger partial charge in [0, 0.05) is 12.0 Å². The van der Waals surface area contributed by atoms with Crippen molar-refractivity contribution in [3.05, 3.63) is 12.2 Å². The molecule has 0 fully saturated rings. The molecular weight excluding hydrogens is 209 g/mol. The van der Waals surface area contributed by atoms with Crippen molar-refractivity contribution in [2.75, 3.05) is 13.2 Å². The van der Waals surface area contributed by atoms with Crippen molar-refractivity contribution >= 4 is 5.90 Å². The number of halogens is 3. The van der Waals surface area contributed by atoms with Gasteiger partial charge in [-0.05, 0) is 13.0 Å². The van der Waals surface area contributed by atoms with E-state index in [4.69, 9.17) is 5.73 Å². The fourth-order valence-electron chi connectivity index (χ4n) is 1.11. The Kier molecular flexibility index (Phi) is 3.73. The highest BCUT2D eigenvalue weighted by Crippen LogP contribution is 2.16. The van der Waals surface area contributed by atoms with Crippen LogP contribution in [-0.2, 0) is 4.74 Å². The second-order valence-electron chi connectivity index (χ2n) is 3.46. The first kappa shape index (κ1) is 12.0. The maximum atomic E-state index is 11.8. The summed E-state index contributed by atoms with van der Waals surface area (Å²) < 4.78 is 39.8.